The molecule has 0 aromatic carbocycles. The second-order valence-electron chi connectivity index (χ2n) is 5.41. The van der Waals surface area contributed by atoms with Crippen LogP contribution in [-0.4, -0.2) is 59.0 Å². The first-order valence-electron chi connectivity index (χ1n) is 6.98. The molecule has 0 radical (unpaired) electrons. The van der Waals surface area contributed by atoms with E-state index in [1.807, 2.05) is 0 Å². The van der Waals surface area contributed by atoms with Crippen molar-refractivity contribution in [1.82, 2.24) is 9.80 Å². The van der Waals surface area contributed by atoms with Crippen molar-refractivity contribution in [2.24, 2.45) is 0 Å². The van der Waals surface area contributed by atoms with Gasteiger partial charge in [0.05, 0.1) is 6.54 Å². The number of aliphatic hydroxyl groups is 1. The van der Waals surface area contributed by atoms with E-state index >= 15 is 0 Å². The highest BCUT2D eigenvalue weighted by Crippen LogP contribution is 2.14. The van der Waals surface area contributed by atoms with Crippen LogP contribution < -0.4 is 0 Å². The van der Waals surface area contributed by atoms with Crippen LogP contribution in [0.4, 0.5) is 0 Å². The van der Waals surface area contributed by atoms with Crippen LogP contribution in [-0.2, 0) is 9.59 Å². The average molecular weight is 266 g/mol. The summed E-state index contributed by atoms with van der Waals surface area (Å²) in [5.74, 6) is -0.319. The highest BCUT2D eigenvalue weighted by atomic mass is 16.3. The molecule has 5 heteroatoms. The number of carbonyl (C=O) groups excluding carboxylic acids is 2. The van der Waals surface area contributed by atoms with Gasteiger partial charge in [0.15, 0.2) is 0 Å². The molecule has 1 fully saturated rings. The van der Waals surface area contributed by atoms with E-state index in [1.165, 1.54) is 10.5 Å². The van der Waals surface area contributed by atoms with E-state index in [9.17, 15) is 14.7 Å². The van der Waals surface area contributed by atoms with E-state index in [1.54, 1.807) is 4.90 Å². The predicted molar refractivity (Wildman–Crippen MR) is 71.4 cm³/mol. The van der Waals surface area contributed by atoms with Gasteiger partial charge in [0.2, 0.25) is 5.91 Å². The molecule has 106 valence electrons. The maximum atomic E-state index is 12.2. The molecule has 1 N–H and O–H groups in total. The first kappa shape index (κ1) is 14.1. The molecule has 1 unspecified atom stereocenters. The Morgan fingerprint density at radius 3 is 2.89 bits per heavy atom. The number of likely N-dealkylation sites (tertiary alicyclic amines) is 1. The molecule has 19 heavy (non-hydrogen) atoms. The maximum absolute atomic E-state index is 12.2. The molecule has 1 saturated heterocycles. The number of rotatable bonds is 2. The molecule has 2 rings (SSSR count). The molecule has 5 nitrogen and oxygen atoms in total. The Kier molecular flexibility index (Phi) is 4.58. The molecule has 0 aromatic rings. The molecule has 0 spiro atoms. The minimum Gasteiger partial charge on any atom is -0.383 e. The minimum atomic E-state index is -0.932. The highest BCUT2D eigenvalue weighted by Gasteiger charge is 2.28. The van der Waals surface area contributed by atoms with Crippen LogP contribution in [0.25, 0.3) is 0 Å². The monoisotopic (exact) mass is 266 g/mol. The summed E-state index contributed by atoms with van der Waals surface area (Å²) in [6, 6.07) is 0. The van der Waals surface area contributed by atoms with Crippen molar-refractivity contribution in [3.63, 3.8) is 0 Å². The lowest BCUT2D eigenvalue weighted by Gasteiger charge is -2.29. The zero-order valence-electron chi connectivity index (χ0n) is 11.5. The van der Waals surface area contributed by atoms with Crippen molar-refractivity contribution in [2.45, 2.75) is 38.7 Å². The molecular formula is C14H22N2O3. The van der Waals surface area contributed by atoms with Crippen LogP contribution in [0.3, 0.4) is 0 Å². The molecule has 0 aromatic heterocycles. The largest absolute Gasteiger partial charge is 0.383 e. The van der Waals surface area contributed by atoms with Gasteiger partial charge < -0.3 is 14.9 Å². The van der Waals surface area contributed by atoms with Gasteiger partial charge in [-0.05, 0) is 32.6 Å². The number of carbonyl (C=O) groups is 2. The lowest BCUT2D eigenvalue weighted by molar-refractivity contribution is -0.145. The van der Waals surface area contributed by atoms with Crippen molar-refractivity contribution >= 4 is 11.8 Å². The number of nitrogens with zero attached hydrogens (tertiary/aromatic N) is 2. The van der Waals surface area contributed by atoms with Gasteiger partial charge in [-0.1, -0.05) is 11.6 Å². The fraction of sp³-hybridized carbons (Fsp3) is 0.714. The zero-order valence-corrected chi connectivity index (χ0v) is 11.5. The number of aliphatic hydroxyl groups excluding tert-OH is 1. The number of amides is 2. The van der Waals surface area contributed by atoms with Gasteiger partial charge in [0.25, 0.3) is 5.91 Å². The van der Waals surface area contributed by atoms with E-state index in [0.29, 0.717) is 19.5 Å². The molecule has 2 amide bonds. The summed E-state index contributed by atoms with van der Waals surface area (Å²) in [6.07, 6.45) is 4.23. The lowest BCUT2D eigenvalue weighted by Crippen LogP contribution is -2.46. The number of hydrogen-bond acceptors (Lipinski definition) is 3. The standard InChI is InChI=1S/C14H22N2O3/c1-11-5-8-15(9-6-11)13(18)10-16-7-3-2-4-12(17)14(16)19/h5,12,17H,2-4,6-10H2,1H3. The normalized spacial score (nSPS) is 25.1. The topological polar surface area (TPSA) is 60.9 Å². The molecule has 0 aliphatic carbocycles. The molecule has 0 saturated carbocycles. The van der Waals surface area contributed by atoms with Crippen LogP contribution in [0.1, 0.15) is 32.6 Å². The Hall–Kier alpha value is -1.36. The highest BCUT2D eigenvalue weighted by molar-refractivity contribution is 5.87. The summed E-state index contributed by atoms with van der Waals surface area (Å²) < 4.78 is 0. The molecular weight excluding hydrogens is 244 g/mol. The fourth-order valence-corrected chi connectivity index (χ4v) is 2.50. The van der Waals surface area contributed by atoms with Crippen molar-refractivity contribution < 1.29 is 14.7 Å². The summed E-state index contributed by atoms with van der Waals surface area (Å²) in [5, 5.41) is 9.66. The molecule has 2 aliphatic rings. The Morgan fingerprint density at radius 1 is 1.42 bits per heavy atom. The molecule has 0 bridgehead atoms. The Bertz CT molecular complexity index is 392. The maximum Gasteiger partial charge on any atom is 0.251 e. The van der Waals surface area contributed by atoms with Gasteiger partial charge in [-0.3, -0.25) is 9.59 Å². The number of hydrogen-bond donors (Lipinski definition) is 1. The summed E-state index contributed by atoms with van der Waals surface area (Å²) >= 11 is 0. The van der Waals surface area contributed by atoms with E-state index < -0.39 is 6.10 Å². The van der Waals surface area contributed by atoms with E-state index in [-0.39, 0.29) is 18.4 Å². The first-order valence-corrected chi connectivity index (χ1v) is 6.98. The van der Waals surface area contributed by atoms with Crippen molar-refractivity contribution in [3.8, 4) is 0 Å². The predicted octanol–water partition coefficient (Wildman–Crippen LogP) is 0.538. The van der Waals surface area contributed by atoms with Crippen LogP contribution in [0.2, 0.25) is 0 Å². The lowest BCUT2D eigenvalue weighted by atomic mass is 10.1. The van der Waals surface area contributed by atoms with Crippen LogP contribution in [0, 0.1) is 0 Å². The van der Waals surface area contributed by atoms with Gasteiger partial charge in [0, 0.05) is 19.6 Å². The van der Waals surface area contributed by atoms with Gasteiger partial charge in [-0.15, -0.1) is 0 Å². The van der Waals surface area contributed by atoms with E-state index in [4.69, 9.17) is 0 Å². The summed E-state index contributed by atoms with van der Waals surface area (Å²) in [7, 11) is 0. The van der Waals surface area contributed by atoms with Crippen molar-refractivity contribution in [2.75, 3.05) is 26.2 Å². The summed E-state index contributed by atoms with van der Waals surface area (Å²) in [5.41, 5.74) is 1.31. The smallest absolute Gasteiger partial charge is 0.251 e. The van der Waals surface area contributed by atoms with Gasteiger partial charge in [-0.2, -0.15) is 0 Å². The Labute approximate surface area is 113 Å². The summed E-state index contributed by atoms with van der Waals surface area (Å²) in [6.45, 7) is 4.10. The van der Waals surface area contributed by atoms with Crippen molar-refractivity contribution in [1.29, 1.82) is 0 Å². The fourth-order valence-electron chi connectivity index (χ4n) is 2.50. The molecule has 2 heterocycles. The zero-order chi connectivity index (χ0) is 13.8. The summed E-state index contributed by atoms with van der Waals surface area (Å²) in [4.78, 5) is 27.3. The van der Waals surface area contributed by atoms with Crippen LogP contribution >= 0.6 is 0 Å². The third kappa shape index (κ3) is 3.56. The average Bonchev–Trinajstić information content (AvgIpc) is 2.55. The molecule has 1 atom stereocenters. The van der Waals surface area contributed by atoms with E-state index in [0.717, 1.165) is 25.8 Å². The minimum absolute atomic E-state index is 0.0220. The Balaban J connectivity index is 1.92. The van der Waals surface area contributed by atoms with Gasteiger partial charge >= 0.3 is 0 Å². The van der Waals surface area contributed by atoms with Gasteiger partial charge in [-0.25, -0.2) is 0 Å². The van der Waals surface area contributed by atoms with Gasteiger partial charge in [0.1, 0.15) is 6.10 Å². The second-order valence-corrected chi connectivity index (χ2v) is 5.41. The van der Waals surface area contributed by atoms with Crippen LogP contribution in [0.15, 0.2) is 11.6 Å². The SMILES string of the molecule is CC1=CCN(C(=O)CN2CCCCC(O)C2=O)CC1. The third-order valence-corrected chi connectivity index (χ3v) is 3.87. The van der Waals surface area contributed by atoms with Crippen molar-refractivity contribution in [3.05, 3.63) is 11.6 Å². The quantitative estimate of drug-likeness (QED) is 0.742. The van der Waals surface area contributed by atoms with Crippen LogP contribution in [0.5, 0.6) is 0 Å². The first-order chi connectivity index (χ1) is 9.08. The Morgan fingerprint density at radius 2 is 2.21 bits per heavy atom. The van der Waals surface area contributed by atoms with E-state index in [2.05, 4.69) is 13.0 Å². The second kappa shape index (κ2) is 6.19. The molecule has 2 aliphatic heterocycles. The third-order valence-electron chi connectivity index (χ3n) is 3.87.